The summed E-state index contributed by atoms with van der Waals surface area (Å²) in [7, 11) is 0. The maximum atomic E-state index is 13.2. The molecule has 1 aromatic rings. The normalized spacial score (nSPS) is 41.0. The number of carbonyl (C=O) groups excluding carboxylic acids is 4. The molecule has 2 heterocycles. The molecule has 4 aliphatic rings. The second-order valence-electron chi connectivity index (χ2n) is 13.7. The molecule has 3 aliphatic carbocycles. The summed E-state index contributed by atoms with van der Waals surface area (Å²) in [4.78, 5) is 50.4. The molecule has 1 aromatic heterocycles. The summed E-state index contributed by atoms with van der Waals surface area (Å²) in [6.45, 7) is 14.7. The topological polar surface area (TPSA) is 118 Å². The summed E-state index contributed by atoms with van der Waals surface area (Å²) in [6.07, 6.45) is 4.82. The van der Waals surface area contributed by atoms with E-state index in [1.54, 1.807) is 18.6 Å². The van der Waals surface area contributed by atoms with Crippen LogP contribution in [-0.2, 0) is 38.1 Å². The van der Waals surface area contributed by atoms with Crippen molar-refractivity contribution < 1.29 is 42.5 Å². The van der Waals surface area contributed by atoms with Crippen molar-refractivity contribution in [2.45, 2.75) is 105 Å². The van der Waals surface area contributed by atoms with Crippen LogP contribution in [0.25, 0.3) is 0 Å². The number of esters is 4. The second kappa shape index (κ2) is 9.73. The van der Waals surface area contributed by atoms with Gasteiger partial charge in [-0.15, -0.1) is 0 Å². The summed E-state index contributed by atoms with van der Waals surface area (Å²) in [5.74, 6) is -1.91. The lowest BCUT2D eigenvalue weighted by atomic mass is 9.36. The lowest BCUT2D eigenvalue weighted by molar-refractivity contribution is -0.264. The Kier molecular flexibility index (Phi) is 6.98. The monoisotopic (exact) mass is 570 g/mol. The average Bonchev–Trinajstić information content (AvgIpc) is 3.38. The zero-order chi connectivity index (χ0) is 30.1. The first-order valence-corrected chi connectivity index (χ1v) is 14.5. The maximum Gasteiger partial charge on any atom is 0.331 e. The highest BCUT2D eigenvalue weighted by molar-refractivity contribution is 5.85. The number of hydrogen-bond acceptors (Lipinski definition) is 9. The zero-order valence-corrected chi connectivity index (χ0v) is 25.3. The first-order valence-electron chi connectivity index (χ1n) is 14.5. The number of fused-ring (bicyclic) bond motifs is 5. The molecular weight excluding hydrogens is 528 g/mol. The molecule has 5 rings (SSSR count). The molecule has 9 nitrogen and oxygen atoms in total. The molecule has 41 heavy (non-hydrogen) atoms. The summed E-state index contributed by atoms with van der Waals surface area (Å²) in [6, 6.07) is 1.82. The Morgan fingerprint density at radius 1 is 0.854 bits per heavy atom. The highest BCUT2D eigenvalue weighted by Crippen LogP contribution is 2.73. The highest BCUT2D eigenvalue weighted by atomic mass is 16.6. The van der Waals surface area contributed by atoms with Crippen LogP contribution in [0.2, 0.25) is 0 Å². The van der Waals surface area contributed by atoms with E-state index in [9.17, 15) is 19.2 Å². The fraction of sp³-hybridized carbons (Fsp3) is 0.688. The molecule has 3 saturated carbocycles. The van der Waals surface area contributed by atoms with Crippen molar-refractivity contribution in [3.05, 3.63) is 35.8 Å². The van der Waals surface area contributed by atoms with E-state index in [0.29, 0.717) is 25.7 Å². The molecule has 3 fully saturated rings. The Bertz CT molecular complexity index is 1280. The van der Waals surface area contributed by atoms with Gasteiger partial charge in [0, 0.05) is 60.5 Å². The SMILES string of the molecule is CC(=O)O[C@H]1C[C@@H](OC(C)=O)C(C)(C)C2C[C@@H](OC(C)=O)[C@@]3(C)C4=CC(=O)O[C@@H](c5ccoc5)[C@]4(C)CCC3[C@]21C. The van der Waals surface area contributed by atoms with Gasteiger partial charge in [-0.2, -0.15) is 0 Å². The fourth-order valence-corrected chi connectivity index (χ4v) is 9.52. The van der Waals surface area contributed by atoms with Crippen molar-refractivity contribution in [2.75, 3.05) is 0 Å². The number of ether oxygens (including phenoxy) is 4. The minimum absolute atomic E-state index is 0.129. The minimum atomic E-state index is -0.770. The van der Waals surface area contributed by atoms with Gasteiger partial charge in [0.25, 0.3) is 0 Å². The van der Waals surface area contributed by atoms with Gasteiger partial charge in [-0.25, -0.2) is 4.79 Å². The van der Waals surface area contributed by atoms with Crippen LogP contribution in [0.15, 0.2) is 34.7 Å². The van der Waals surface area contributed by atoms with E-state index in [-0.39, 0.29) is 11.8 Å². The summed E-state index contributed by atoms with van der Waals surface area (Å²) >= 11 is 0. The Labute approximate surface area is 241 Å². The molecule has 9 heteroatoms. The number of hydrogen-bond donors (Lipinski definition) is 0. The van der Waals surface area contributed by atoms with Crippen LogP contribution < -0.4 is 0 Å². The number of carbonyl (C=O) groups is 4. The van der Waals surface area contributed by atoms with Crippen LogP contribution in [0.4, 0.5) is 0 Å². The minimum Gasteiger partial charge on any atom is -0.472 e. The highest BCUT2D eigenvalue weighted by Gasteiger charge is 2.72. The van der Waals surface area contributed by atoms with Gasteiger partial charge in [0.05, 0.1) is 12.5 Å². The Balaban J connectivity index is 1.70. The molecule has 0 saturated heterocycles. The first-order chi connectivity index (χ1) is 19.1. The van der Waals surface area contributed by atoms with Gasteiger partial charge >= 0.3 is 23.9 Å². The Morgan fingerprint density at radius 3 is 2.05 bits per heavy atom. The third kappa shape index (κ3) is 4.33. The van der Waals surface area contributed by atoms with Gasteiger partial charge in [0.2, 0.25) is 0 Å². The van der Waals surface area contributed by atoms with Gasteiger partial charge in [-0.1, -0.05) is 34.6 Å². The lowest BCUT2D eigenvalue weighted by Gasteiger charge is -2.70. The molecule has 1 aliphatic heterocycles. The predicted octanol–water partition coefficient (Wildman–Crippen LogP) is 5.48. The maximum absolute atomic E-state index is 13.2. The summed E-state index contributed by atoms with van der Waals surface area (Å²) < 4.78 is 29.4. The number of rotatable bonds is 4. The van der Waals surface area contributed by atoms with Gasteiger partial charge in [0.15, 0.2) is 0 Å². The van der Waals surface area contributed by atoms with Crippen LogP contribution in [0.3, 0.4) is 0 Å². The van der Waals surface area contributed by atoms with Crippen LogP contribution in [0, 0.1) is 33.5 Å². The molecular formula is C32H42O9. The van der Waals surface area contributed by atoms with Gasteiger partial charge in [-0.05, 0) is 42.7 Å². The number of furan rings is 1. The lowest BCUT2D eigenvalue weighted by Crippen LogP contribution is -2.70. The van der Waals surface area contributed by atoms with E-state index >= 15 is 0 Å². The molecule has 0 aromatic carbocycles. The molecule has 0 spiro atoms. The molecule has 2 unspecified atom stereocenters. The smallest absolute Gasteiger partial charge is 0.331 e. The average molecular weight is 571 g/mol. The molecule has 0 bridgehead atoms. The van der Waals surface area contributed by atoms with Crippen molar-refractivity contribution in [1.82, 2.24) is 0 Å². The van der Waals surface area contributed by atoms with E-state index in [1.807, 2.05) is 6.07 Å². The van der Waals surface area contributed by atoms with E-state index in [0.717, 1.165) is 11.1 Å². The summed E-state index contributed by atoms with van der Waals surface area (Å²) in [5.41, 5.74) is -0.780. The molecule has 224 valence electrons. The largest absolute Gasteiger partial charge is 0.472 e. The Hall–Kier alpha value is -3.10. The van der Waals surface area contributed by atoms with Gasteiger partial charge in [-0.3, -0.25) is 14.4 Å². The predicted molar refractivity (Wildman–Crippen MR) is 146 cm³/mol. The van der Waals surface area contributed by atoms with E-state index in [2.05, 4.69) is 34.6 Å². The molecule has 0 radical (unpaired) electrons. The van der Waals surface area contributed by atoms with Gasteiger partial charge < -0.3 is 23.4 Å². The Morgan fingerprint density at radius 2 is 1.46 bits per heavy atom. The third-order valence-corrected chi connectivity index (χ3v) is 11.2. The quantitative estimate of drug-likeness (QED) is 0.343. The first kappa shape index (κ1) is 29.4. The van der Waals surface area contributed by atoms with E-state index in [4.69, 9.17) is 23.4 Å². The van der Waals surface area contributed by atoms with Crippen LogP contribution >= 0.6 is 0 Å². The second-order valence-corrected chi connectivity index (χ2v) is 13.7. The fourth-order valence-electron chi connectivity index (χ4n) is 9.52. The molecule has 0 amide bonds. The van der Waals surface area contributed by atoms with E-state index < -0.39 is 70.0 Å². The third-order valence-electron chi connectivity index (χ3n) is 11.2. The van der Waals surface area contributed by atoms with E-state index in [1.165, 1.54) is 20.8 Å². The summed E-state index contributed by atoms with van der Waals surface area (Å²) in [5, 5.41) is 0. The van der Waals surface area contributed by atoms with Crippen molar-refractivity contribution in [2.24, 2.45) is 33.5 Å². The molecule has 9 atom stereocenters. The van der Waals surface area contributed by atoms with Crippen molar-refractivity contribution in [3.8, 4) is 0 Å². The number of cyclic esters (lactones) is 1. The molecule has 0 N–H and O–H groups in total. The standard InChI is InChI=1S/C32H42O9/c1-17(33)38-24-15-26(40-19(3)35)31(7)21-9-11-30(6)23(14-27(36)41-28(30)20-10-12-37-16-20)32(21,8)25(39-18(2)34)13-22(31)29(24,4)5/h10,12,14,16,21-22,24-26,28H,9,11,13,15H2,1-8H3/t21?,22?,24-,25-,26+,28+,30-,31-,32-/m1/s1. The van der Waals surface area contributed by atoms with Crippen molar-refractivity contribution in [1.29, 1.82) is 0 Å². The van der Waals surface area contributed by atoms with Crippen molar-refractivity contribution in [3.63, 3.8) is 0 Å². The zero-order valence-electron chi connectivity index (χ0n) is 25.3. The van der Waals surface area contributed by atoms with Crippen LogP contribution in [-0.4, -0.2) is 42.2 Å². The van der Waals surface area contributed by atoms with Crippen molar-refractivity contribution >= 4 is 23.9 Å². The van der Waals surface area contributed by atoms with Crippen LogP contribution in [0.1, 0.15) is 92.7 Å². The van der Waals surface area contributed by atoms with Crippen LogP contribution in [0.5, 0.6) is 0 Å². The van der Waals surface area contributed by atoms with Gasteiger partial charge in [0.1, 0.15) is 24.4 Å².